The number of benzene rings is 1. The van der Waals surface area contributed by atoms with E-state index in [1.165, 1.54) is 12.1 Å². The molecule has 7 nitrogen and oxygen atoms in total. The number of nitrogens with zero attached hydrogens (tertiary/aromatic N) is 2. The first-order valence-electron chi connectivity index (χ1n) is 9.08. The molecule has 1 N–H and O–H groups in total. The van der Waals surface area contributed by atoms with Crippen LogP contribution in [0.3, 0.4) is 0 Å². The summed E-state index contributed by atoms with van der Waals surface area (Å²) in [6, 6.07) is 6.42. The van der Waals surface area contributed by atoms with Gasteiger partial charge in [-0.1, -0.05) is 42.9 Å². The summed E-state index contributed by atoms with van der Waals surface area (Å²) in [5.41, 5.74) is 0.934. The molecule has 0 saturated carbocycles. The molecule has 2 rings (SSSR count). The summed E-state index contributed by atoms with van der Waals surface area (Å²) in [7, 11) is -7.54. The maximum atomic E-state index is 13.0. The zero-order chi connectivity index (χ0) is 20.9. The van der Waals surface area contributed by atoms with Crippen molar-refractivity contribution in [3.05, 3.63) is 29.8 Å². The number of aromatic nitrogens is 1. The van der Waals surface area contributed by atoms with Gasteiger partial charge < -0.3 is 10.2 Å². The second-order valence-corrected chi connectivity index (χ2v) is 11.6. The summed E-state index contributed by atoms with van der Waals surface area (Å²) in [5, 5.41) is 3.11. The molecule has 0 aliphatic rings. The fourth-order valence-corrected chi connectivity index (χ4v) is 6.16. The molecule has 0 aliphatic heterocycles. The summed E-state index contributed by atoms with van der Waals surface area (Å²) in [6.07, 6.45) is 1.83. The molecule has 156 valence electrons. The predicted molar refractivity (Wildman–Crippen MR) is 113 cm³/mol. The van der Waals surface area contributed by atoms with E-state index in [2.05, 4.69) is 29.0 Å². The minimum atomic E-state index is -3.93. The molecular weight excluding hydrogens is 418 g/mol. The Morgan fingerprint density at radius 3 is 2.21 bits per heavy atom. The van der Waals surface area contributed by atoms with Gasteiger partial charge in [-0.15, -0.1) is 0 Å². The molecule has 0 radical (unpaired) electrons. The van der Waals surface area contributed by atoms with Crippen LogP contribution in [0.5, 0.6) is 0 Å². The second kappa shape index (κ2) is 9.34. The van der Waals surface area contributed by atoms with E-state index in [9.17, 15) is 16.8 Å². The van der Waals surface area contributed by atoms with Crippen molar-refractivity contribution in [2.45, 2.75) is 41.5 Å². The van der Waals surface area contributed by atoms with Crippen LogP contribution >= 0.6 is 11.3 Å². The van der Waals surface area contributed by atoms with Crippen molar-refractivity contribution in [3.63, 3.8) is 0 Å². The number of aryl methyl sites for hydroxylation is 1. The number of rotatable bonds is 10. The van der Waals surface area contributed by atoms with Crippen molar-refractivity contribution in [2.75, 3.05) is 37.8 Å². The van der Waals surface area contributed by atoms with E-state index in [0.717, 1.165) is 49.2 Å². The predicted octanol–water partition coefficient (Wildman–Crippen LogP) is 2.83. The third-order valence-corrected chi connectivity index (χ3v) is 8.83. The smallest absolute Gasteiger partial charge is 0.226 e. The van der Waals surface area contributed by atoms with Crippen molar-refractivity contribution in [1.82, 2.24) is 9.88 Å². The summed E-state index contributed by atoms with van der Waals surface area (Å²) in [6.45, 7) is 9.33. The fraction of sp³-hybridized carbons (Fsp3) is 0.500. The van der Waals surface area contributed by atoms with Gasteiger partial charge in [0.1, 0.15) is 5.00 Å². The van der Waals surface area contributed by atoms with E-state index in [1.807, 2.05) is 6.92 Å². The number of sulfone groups is 2. The van der Waals surface area contributed by atoms with Crippen LogP contribution in [0.1, 0.15) is 25.8 Å². The van der Waals surface area contributed by atoms with Crippen LogP contribution in [0.4, 0.5) is 5.00 Å². The first-order chi connectivity index (χ1) is 13.1. The molecule has 0 unspecified atom stereocenters. The van der Waals surface area contributed by atoms with Gasteiger partial charge in [0.05, 0.1) is 4.90 Å². The Bertz CT molecular complexity index is 993. The third kappa shape index (κ3) is 5.53. The SMILES string of the molecule is CCN(CC)CCCNc1sc(S(C)(=O)=O)nc1S(=O)(=O)c1ccc(C)cc1. The van der Waals surface area contributed by atoms with Gasteiger partial charge in [-0.05, 0) is 45.1 Å². The molecule has 0 aliphatic carbocycles. The summed E-state index contributed by atoms with van der Waals surface area (Å²) < 4.78 is 49.7. The van der Waals surface area contributed by atoms with Crippen LogP contribution in [-0.4, -0.2) is 59.2 Å². The van der Waals surface area contributed by atoms with Crippen LogP contribution in [0, 0.1) is 6.92 Å². The highest BCUT2D eigenvalue weighted by Gasteiger charge is 2.29. The molecule has 0 saturated heterocycles. The number of hydrogen-bond acceptors (Lipinski definition) is 8. The van der Waals surface area contributed by atoms with Gasteiger partial charge in [-0.2, -0.15) is 0 Å². The van der Waals surface area contributed by atoms with E-state index >= 15 is 0 Å². The van der Waals surface area contributed by atoms with Crippen molar-refractivity contribution in [1.29, 1.82) is 0 Å². The molecule has 0 spiro atoms. The third-order valence-electron chi connectivity index (χ3n) is 4.31. The molecular formula is C18H27N3O4S3. The van der Waals surface area contributed by atoms with Gasteiger partial charge in [0, 0.05) is 12.8 Å². The van der Waals surface area contributed by atoms with Crippen molar-refractivity contribution >= 4 is 36.0 Å². The minimum absolute atomic E-state index is 0.0923. The fourth-order valence-electron chi connectivity index (χ4n) is 2.61. The number of hydrogen-bond donors (Lipinski definition) is 1. The average molecular weight is 446 g/mol. The van der Waals surface area contributed by atoms with E-state index in [0.29, 0.717) is 6.54 Å². The van der Waals surface area contributed by atoms with Gasteiger partial charge >= 0.3 is 0 Å². The first kappa shape index (κ1) is 22.8. The Morgan fingerprint density at radius 1 is 1.07 bits per heavy atom. The largest absolute Gasteiger partial charge is 0.374 e. The molecule has 1 aromatic carbocycles. The van der Waals surface area contributed by atoms with Gasteiger partial charge in [0.25, 0.3) is 0 Å². The van der Waals surface area contributed by atoms with E-state index in [4.69, 9.17) is 0 Å². The lowest BCUT2D eigenvalue weighted by Gasteiger charge is -2.17. The summed E-state index contributed by atoms with van der Waals surface area (Å²) >= 11 is 0.859. The van der Waals surface area contributed by atoms with Crippen molar-refractivity contribution in [2.24, 2.45) is 0 Å². The van der Waals surface area contributed by atoms with Crippen LogP contribution < -0.4 is 5.32 Å². The van der Waals surface area contributed by atoms with Gasteiger partial charge in [0.15, 0.2) is 5.03 Å². The van der Waals surface area contributed by atoms with E-state index in [-0.39, 0.29) is 19.3 Å². The zero-order valence-corrected chi connectivity index (χ0v) is 19.0. The highest BCUT2D eigenvalue weighted by atomic mass is 32.2. The maximum Gasteiger partial charge on any atom is 0.226 e. The highest BCUT2D eigenvalue weighted by Crippen LogP contribution is 2.34. The molecule has 0 amide bonds. The summed E-state index contributed by atoms with van der Waals surface area (Å²) in [4.78, 5) is 6.32. The van der Waals surface area contributed by atoms with Crippen LogP contribution in [0.2, 0.25) is 0 Å². The van der Waals surface area contributed by atoms with E-state index in [1.54, 1.807) is 12.1 Å². The van der Waals surface area contributed by atoms with Crippen LogP contribution in [0.15, 0.2) is 38.5 Å². The molecule has 2 aromatic rings. The topological polar surface area (TPSA) is 96.4 Å². The van der Waals surface area contributed by atoms with Crippen LogP contribution in [-0.2, 0) is 19.7 Å². The molecule has 0 fully saturated rings. The molecule has 1 heterocycles. The molecule has 0 bridgehead atoms. The molecule has 1 aromatic heterocycles. The Hall–Kier alpha value is -1.49. The van der Waals surface area contributed by atoms with Gasteiger partial charge in [-0.3, -0.25) is 0 Å². The Labute approximate surface area is 171 Å². The lowest BCUT2D eigenvalue weighted by molar-refractivity contribution is 0.303. The molecule has 10 heteroatoms. The summed E-state index contributed by atoms with van der Waals surface area (Å²) in [5.74, 6) is 0. The number of nitrogens with one attached hydrogen (secondary N) is 1. The minimum Gasteiger partial charge on any atom is -0.374 e. The van der Waals surface area contributed by atoms with Gasteiger partial charge in [-0.25, -0.2) is 21.8 Å². The van der Waals surface area contributed by atoms with Gasteiger partial charge in [0.2, 0.25) is 24.0 Å². The van der Waals surface area contributed by atoms with Crippen molar-refractivity contribution in [3.8, 4) is 0 Å². The monoisotopic (exact) mass is 445 g/mol. The zero-order valence-electron chi connectivity index (χ0n) is 16.6. The standard InChI is InChI=1S/C18H27N3O4S3/c1-5-21(6-2)13-7-12-19-16-17(20-18(26-16)27(4,22)23)28(24,25)15-10-8-14(3)9-11-15/h8-11,19H,5-7,12-13H2,1-4H3. The maximum absolute atomic E-state index is 13.0. The quantitative estimate of drug-likeness (QED) is 0.562. The number of thiazole rings is 1. The number of anilines is 1. The Kier molecular flexibility index (Phi) is 7.60. The molecule has 0 atom stereocenters. The second-order valence-electron chi connectivity index (χ2n) is 6.51. The normalized spacial score (nSPS) is 12.5. The van der Waals surface area contributed by atoms with E-state index < -0.39 is 19.7 Å². The first-order valence-corrected chi connectivity index (χ1v) is 13.3. The lowest BCUT2D eigenvalue weighted by atomic mass is 10.2. The highest BCUT2D eigenvalue weighted by molar-refractivity contribution is 7.93. The van der Waals surface area contributed by atoms with Crippen molar-refractivity contribution < 1.29 is 16.8 Å². The average Bonchev–Trinajstić information content (AvgIpc) is 3.08. The Morgan fingerprint density at radius 2 is 1.68 bits per heavy atom. The van der Waals surface area contributed by atoms with Crippen LogP contribution in [0.25, 0.3) is 0 Å². The Balaban J connectivity index is 2.32. The molecule has 28 heavy (non-hydrogen) atoms. The lowest BCUT2D eigenvalue weighted by Crippen LogP contribution is -2.25.